The Hall–Kier alpha value is -2.74. The summed E-state index contributed by atoms with van der Waals surface area (Å²) >= 11 is 1.50. The van der Waals surface area contributed by atoms with Crippen molar-refractivity contribution in [3.8, 4) is 0 Å². The van der Waals surface area contributed by atoms with Crippen molar-refractivity contribution in [3.05, 3.63) is 53.4 Å². The molecule has 0 aliphatic carbocycles. The number of carbonyl (C=O) groups is 1. The molecule has 0 atom stereocenters. The van der Waals surface area contributed by atoms with Gasteiger partial charge in [0, 0.05) is 40.2 Å². The predicted molar refractivity (Wildman–Crippen MR) is 117 cm³/mol. The standard InChI is InChI=1S/C22H27N5O2S/c1-14-13-15(2)24-21(23-14)30-17-11-9-16(10-12-17)25-18(28)7-6-8-19-26-20(27-29-19)22(3,4)5/h9-13H,6-8H2,1-5H3,(H,25,28). The molecule has 2 heterocycles. The molecule has 1 amide bonds. The van der Waals surface area contributed by atoms with Crippen LogP contribution in [0.15, 0.2) is 44.9 Å². The first-order valence-corrected chi connectivity index (χ1v) is 10.7. The van der Waals surface area contributed by atoms with E-state index in [1.165, 1.54) is 11.8 Å². The fourth-order valence-corrected chi connectivity index (χ4v) is 3.60. The molecule has 158 valence electrons. The molecular weight excluding hydrogens is 398 g/mol. The van der Waals surface area contributed by atoms with Crippen LogP contribution >= 0.6 is 11.8 Å². The van der Waals surface area contributed by atoms with Crippen molar-refractivity contribution >= 4 is 23.4 Å². The van der Waals surface area contributed by atoms with Gasteiger partial charge in [0.2, 0.25) is 11.8 Å². The monoisotopic (exact) mass is 425 g/mol. The van der Waals surface area contributed by atoms with E-state index in [1.54, 1.807) is 0 Å². The minimum atomic E-state index is -0.145. The number of hydrogen-bond acceptors (Lipinski definition) is 7. The minimum absolute atomic E-state index is 0.0383. The number of hydrogen-bond donors (Lipinski definition) is 1. The summed E-state index contributed by atoms with van der Waals surface area (Å²) in [6.45, 7) is 10.0. The first-order chi connectivity index (χ1) is 14.2. The number of rotatable bonds is 7. The van der Waals surface area contributed by atoms with Crippen LogP contribution in [0.4, 0.5) is 5.69 Å². The maximum atomic E-state index is 12.2. The van der Waals surface area contributed by atoms with Crippen molar-refractivity contribution < 1.29 is 9.32 Å². The fraction of sp³-hybridized carbons (Fsp3) is 0.409. The van der Waals surface area contributed by atoms with E-state index >= 15 is 0 Å². The molecule has 3 aromatic rings. The zero-order valence-electron chi connectivity index (χ0n) is 18.0. The van der Waals surface area contributed by atoms with Crippen LogP contribution in [-0.4, -0.2) is 26.0 Å². The van der Waals surface area contributed by atoms with Gasteiger partial charge in [0.1, 0.15) is 0 Å². The third-order valence-corrected chi connectivity index (χ3v) is 5.12. The van der Waals surface area contributed by atoms with Crippen LogP contribution in [0.25, 0.3) is 0 Å². The van der Waals surface area contributed by atoms with Gasteiger partial charge in [0.25, 0.3) is 0 Å². The van der Waals surface area contributed by atoms with Gasteiger partial charge in [0.05, 0.1) is 0 Å². The molecule has 1 aromatic carbocycles. The number of amides is 1. The molecule has 0 spiro atoms. The molecule has 1 N–H and O–H groups in total. The quantitative estimate of drug-likeness (QED) is 0.539. The first kappa shape index (κ1) is 22.0. The van der Waals surface area contributed by atoms with Crippen LogP contribution < -0.4 is 5.32 Å². The van der Waals surface area contributed by atoms with Gasteiger partial charge < -0.3 is 9.84 Å². The average molecular weight is 426 g/mol. The van der Waals surface area contributed by atoms with Gasteiger partial charge in [-0.05, 0) is 62.4 Å². The SMILES string of the molecule is Cc1cc(C)nc(Sc2ccc(NC(=O)CCCc3nc(C(C)(C)C)no3)cc2)n1. The van der Waals surface area contributed by atoms with E-state index in [2.05, 4.69) is 25.4 Å². The van der Waals surface area contributed by atoms with Crippen LogP contribution in [0.1, 0.15) is 56.7 Å². The van der Waals surface area contributed by atoms with Crippen molar-refractivity contribution in [1.82, 2.24) is 20.1 Å². The number of benzene rings is 1. The molecule has 0 bridgehead atoms. The normalized spacial score (nSPS) is 11.5. The van der Waals surface area contributed by atoms with E-state index in [0.29, 0.717) is 31.0 Å². The highest BCUT2D eigenvalue weighted by Crippen LogP contribution is 2.26. The van der Waals surface area contributed by atoms with Gasteiger partial charge in [-0.2, -0.15) is 4.98 Å². The highest BCUT2D eigenvalue weighted by atomic mass is 32.2. The summed E-state index contributed by atoms with van der Waals surface area (Å²) in [6, 6.07) is 9.62. The Morgan fingerprint density at radius 2 is 1.73 bits per heavy atom. The van der Waals surface area contributed by atoms with Gasteiger partial charge in [-0.25, -0.2) is 9.97 Å². The van der Waals surface area contributed by atoms with Gasteiger partial charge in [-0.15, -0.1) is 0 Å². The largest absolute Gasteiger partial charge is 0.339 e. The second kappa shape index (κ2) is 9.38. The molecular formula is C22H27N5O2S. The van der Waals surface area contributed by atoms with E-state index in [4.69, 9.17) is 4.52 Å². The van der Waals surface area contributed by atoms with Crippen LogP contribution in [-0.2, 0) is 16.6 Å². The van der Waals surface area contributed by atoms with Crippen LogP contribution in [0, 0.1) is 13.8 Å². The van der Waals surface area contributed by atoms with E-state index in [0.717, 1.165) is 27.1 Å². The Balaban J connectivity index is 1.46. The lowest BCUT2D eigenvalue weighted by atomic mass is 9.96. The first-order valence-electron chi connectivity index (χ1n) is 9.92. The maximum Gasteiger partial charge on any atom is 0.226 e. The average Bonchev–Trinajstić information content (AvgIpc) is 3.12. The van der Waals surface area contributed by atoms with Crippen molar-refractivity contribution in [2.24, 2.45) is 0 Å². The van der Waals surface area contributed by atoms with Gasteiger partial charge in [-0.3, -0.25) is 4.79 Å². The van der Waals surface area contributed by atoms with Crippen LogP contribution in [0.2, 0.25) is 0 Å². The number of carbonyl (C=O) groups excluding carboxylic acids is 1. The Morgan fingerprint density at radius 3 is 2.33 bits per heavy atom. The topological polar surface area (TPSA) is 93.8 Å². The van der Waals surface area contributed by atoms with Gasteiger partial charge in [-0.1, -0.05) is 25.9 Å². The Bertz CT molecular complexity index is 989. The molecule has 8 heteroatoms. The van der Waals surface area contributed by atoms with E-state index in [1.807, 2.05) is 65.0 Å². The summed E-state index contributed by atoms with van der Waals surface area (Å²) in [5.41, 5.74) is 2.51. The lowest BCUT2D eigenvalue weighted by Crippen LogP contribution is -2.13. The predicted octanol–water partition coefficient (Wildman–Crippen LogP) is 4.89. The van der Waals surface area contributed by atoms with Crippen molar-refractivity contribution in [2.45, 2.75) is 69.3 Å². The molecule has 0 fully saturated rings. The second-order valence-electron chi connectivity index (χ2n) is 8.22. The summed E-state index contributed by atoms with van der Waals surface area (Å²) in [6.07, 6.45) is 1.62. The third-order valence-electron chi connectivity index (χ3n) is 4.24. The summed E-state index contributed by atoms with van der Waals surface area (Å²) in [4.78, 5) is 26.5. The summed E-state index contributed by atoms with van der Waals surface area (Å²) in [5.74, 6) is 1.22. The number of nitrogens with one attached hydrogen (secondary N) is 1. The minimum Gasteiger partial charge on any atom is -0.339 e. The van der Waals surface area contributed by atoms with Gasteiger partial charge >= 0.3 is 0 Å². The second-order valence-corrected chi connectivity index (χ2v) is 9.26. The molecule has 2 aromatic heterocycles. The highest BCUT2D eigenvalue weighted by molar-refractivity contribution is 7.99. The zero-order valence-corrected chi connectivity index (χ0v) is 18.8. The van der Waals surface area contributed by atoms with Crippen molar-refractivity contribution in [3.63, 3.8) is 0 Å². The van der Waals surface area contributed by atoms with E-state index in [-0.39, 0.29) is 11.3 Å². The van der Waals surface area contributed by atoms with E-state index in [9.17, 15) is 4.79 Å². The highest BCUT2D eigenvalue weighted by Gasteiger charge is 2.20. The van der Waals surface area contributed by atoms with Gasteiger partial charge in [0.15, 0.2) is 11.0 Å². The Morgan fingerprint density at radius 1 is 1.07 bits per heavy atom. The number of aromatic nitrogens is 4. The van der Waals surface area contributed by atoms with Crippen LogP contribution in [0.5, 0.6) is 0 Å². The number of nitrogens with zero attached hydrogens (tertiary/aromatic N) is 4. The number of aryl methyl sites for hydroxylation is 3. The molecule has 0 radical (unpaired) electrons. The molecule has 30 heavy (non-hydrogen) atoms. The molecule has 0 aliphatic rings. The van der Waals surface area contributed by atoms with Crippen LogP contribution in [0.3, 0.4) is 0 Å². The van der Waals surface area contributed by atoms with Crippen molar-refractivity contribution in [1.29, 1.82) is 0 Å². The smallest absolute Gasteiger partial charge is 0.226 e. The molecule has 0 unspecified atom stereocenters. The lowest BCUT2D eigenvalue weighted by Gasteiger charge is -2.10. The summed E-state index contributed by atoms with van der Waals surface area (Å²) < 4.78 is 5.26. The third kappa shape index (κ3) is 6.38. The summed E-state index contributed by atoms with van der Waals surface area (Å²) in [7, 11) is 0. The zero-order chi connectivity index (χ0) is 21.7. The molecule has 0 aliphatic heterocycles. The summed E-state index contributed by atoms with van der Waals surface area (Å²) in [5, 5.41) is 7.65. The number of anilines is 1. The fourth-order valence-electron chi connectivity index (χ4n) is 2.74. The lowest BCUT2D eigenvalue weighted by molar-refractivity contribution is -0.116. The van der Waals surface area contributed by atoms with E-state index < -0.39 is 0 Å². The van der Waals surface area contributed by atoms with Crippen molar-refractivity contribution in [2.75, 3.05) is 5.32 Å². The maximum absolute atomic E-state index is 12.2. The molecule has 0 saturated heterocycles. The Kier molecular flexibility index (Phi) is 6.87. The Labute approximate surface area is 181 Å². The molecule has 7 nitrogen and oxygen atoms in total. The molecule has 3 rings (SSSR count). The molecule has 0 saturated carbocycles.